The first kappa shape index (κ1) is 20.9. The smallest absolute Gasteiger partial charge is 0.244 e. The molecule has 0 aromatic heterocycles. The third-order valence-corrected chi connectivity index (χ3v) is 6.05. The van der Waals surface area contributed by atoms with Crippen LogP contribution in [-0.4, -0.2) is 54.1 Å². The minimum Gasteiger partial charge on any atom is -0.495 e. The van der Waals surface area contributed by atoms with Gasteiger partial charge in [0.15, 0.2) is 0 Å². The molecule has 0 bridgehead atoms. The van der Waals surface area contributed by atoms with Gasteiger partial charge in [-0.2, -0.15) is 0 Å². The van der Waals surface area contributed by atoms with Crippen molar-refractivity contribution in [2.45, 2.75) is 25.7 Å². The van der Waals surface area contributed by atoms with Gasteiger partial charge in [-0.05, 0) is 30.5 Å². The molecule has 1 rings (SSSR count). The first-order valence-electron chi connectivity index (χ1n) is 7.57. The van der Waals surface area contributed by atoms with E-state index in [4.69, 9.17) is 4.74 Å². The zero-order valence-corrected chi connectivity index (χ0v) is 16.4. The van der Waals surface area contributed by atoms with Crippen molar-refractivity contribution in [3.05, 3.63) is 23.8 Å². The summed E-state index contributed by atoms with van der Waals surface area (Å²) in [4.78, 5) is 0.0414. The van der Waals surface area contributed by atoms with E-state index in [1.165, 1.54) is 17.5 Å². The van der Waals surface area contributed by atoms with Gasteiger partial charge in [-0.15, -0.1) is 0 Å². The summed E-state index contributed by atoms with van der Waals surface area (Å²) in [7, 11) is -5.78. The minimum absolute atomic E-state index is 0.0147. The summed E-state index contributed by atoms with van der Waals surface area (Å²) in [6, 6.07) is 4.86. The number of hydrogen-bond acceptors (Lipinski definition) is 5. The Hall–Kier alpha value is -1.16. The first-order chi connectivity index (χ1) is 11.0. The average molecular weight is 379 g/mol. The first-order valence-corrected chi connectivity index (χ1v) is 10.9. The second-order valence-corrected chi connectivity index (χ2v) is 9.78. The summed E-state index contributed by atoms with van der Waals surface area (Å²) in [6.07, 6.45) is 1.12. The molecular formula is C15H26N2O5S2. The highest BCUT2D eigenvalue weighted by Crippen LogP contribution is 2.24. The second kappa shape index (κ2) is 8.28. The lowest BCUT2D eigenvalue weighted by atomic mass is 10.2. The molecule has 0 amide bonds. The van der Waals surface area contributed by atoms with E-state index in [1.807, 2.05) is 13.8 Å². The Kier molecular flexibility index (Phi) is 7.21. The van der Waals surface area contributed by atoms with Crippen molar-refractivity contribution < 1.29 is 21.6 Å². The van der Waals surface area contributed by atoms with E-state index >= 15 is 0 Å². The molecule has 24 heavy (non-hydrogen) atoms. The fourth-order valence-electron chi connectivity index (χ4n) is 2.18. The van der Waals surface area contributed by atoms with Gasteiger partial charge in [-0.25, -0.2) is 25.9 Å². The number of nitrogens with one attached hydrogen (secondary N) is 1. The number of nitrogens with zero attached hydrogens (tertiary/aromatic N) is 1. The predicted octanol–water partition coefficient (Wildman–Crippen LogP) is 1.20. The summed E-state index contributed by atoms with van der Waals surface area (Å²) in [5, 5.41) is 0. The van der Waals surface area contributed by atoms with Crippen LogP contribution in [0.25, 0.3) is 0 Å². The number of sulfonamides is 2. The SMILES string of the molecule is COc1ccc(C)cc1S(=O)(=O)NCCN(CC(C)C)S(C)(=O)=O. The molecule has 0 saturated heterocycles. The molecule has 9 heteroatoms. The zero-order valence-electron chi connectivity index (χ0n) is 14.7. The van der Waals surface area contributed by atoms with E-state index < -0.39 is 20.0 Å². The molecule has 0 heterocycles. The standard InChI is InChI=1S/C15H26N2O5S2/c1-12(2)11-17(23(5,18)19)9-8-16-24(20,21)15-10-13(3)6-7-14(15)22-4/h6-7,10,12,16H,8-9,11H2,1-5H3. The molecule has 0 saturated carbocycles. The van der Waals surface area contributed by atoms with Crippen molar-refractivity contribution in [2.24, 2.45) is 5.92 Å². The predicted molar refractivity (Wildman–Crippen MR) is 94.2 cm³/mol. The van der Waals surface area contributed by atoms with Crippen molar-refractivity contribution in [1.29, 1.82) is 0 Å². The fourth-order valence-corrected chi connectivity index (χ4v) is 4.44. The molecule has 7 nitrogen and oxygen atoms in total. The minimum atomic E-state index is -3.79. The summed E-state index contributed by atoms with van der Waals surface area (Å²) < 4.78 is 57.3. The van der Waals surface area contributed by atoms with Gasteiger partial charge in [0.25, 0.3) is 0 Å². The highest BCUT2D eigenvalue weighted by Gasteiger charge is 2.22. The lowest BCUT2D eigenvalue weighted by Gasteiger charge is -2.22. The number of rotatable bonds is 9. The third kappa shape index (κ3) is 6.04. The summed E-state index contributed by atoms with van der Waals surface area (Å²) in [5.74, 6) is 0.392. The van der Waals surface area contributed by atoms with Crippen LogP contribution >= 0.6 is 0 Å². The van der Waals surface area contributed by atoms with E-state index in [1.54, 1.807) is 19.1 Å². The largest absolute Gasteiger partial charge is 0.495 e. The van der Waals surface area contributed by atoms with E-state index in [9.17, 15) is 16.8 Å². The molecule has 0 spiro atoms. The Bertz CT molecular complexity index is 758. The van der Waals surface area contributed by atoms with Crippen LogP contribution in [0, 0.1) is 12.8 Å². The topological polar surface area (TPSA) is 92.8 Å². The van der Waals surface area contributed by atoms with Crippen LogP contribution in [-0.2, 0) is 20.0 Å². The fraction of sp³-hybridized carbons (Fsp3) is 0.600. The molecule has 0 aliphatic heterocycles. The van der Waals surface area contributed by atoms with Gasteiger partial charge in [0.2, 0.25) is 20.0 Å². The maximum atomic E-state index is 12.5. The maximum absolute atomic E-state index is 12.5. The van der Waals surface area contributed by atoms with E-state index in [-0.39, 0.29) is 29.7 Å². The normalized spacial score (nSPS) is 12.8. The molecule has 1 aromatic rings. The zero-order chi connectivity index (χ0) is 18.5. The van der Waals surface area contributed by atoms with Crippen molar-refractivity contribution in [3.63, 3.8) is 0 Å². The average Bonchev–Trinajstić information content (AvgIpc) is 2.44. The molecule has 1 aromatic carbocycles. The lowest BCUT2D eigenvalue weighted by Crippen LogP contribution is -2.39. The third-order valence-electron chi connectivity index (χ3n) is 3.30. The lowest BCUT2D eigenvalue weighted by molar-refractivity contribution is 0.372. The van der Waals surface area contributed by atoms with Crippen LogP contribution < -0.4 is 9.46 Å². The molecule has 0 aliphatic carbocycles. The quantitative estimate of drug-likeness (QED) is 0.697. The highest BCUT2D eigenvalue weighted by atomic mass is 32.2. The molecule has 138 valence electrons. The monoisotopic (exact) mass is 378 g/mol. The van der Waals surface area contributed by atoms with Gasteiger partial charge in [-0.1, -0.05) is 19.9 Å². The number of ether oxygens (including phenoxy) is 1. The van der Waals surface area contributed by atoms with Gasteiger partial charge < -0.3 is 4.74 Å². The van der Waals surface area contributed by atoms with Gasteiger partial charge >= 0.3 is 0 Å². The highest BCUT2D eigenvalue weighted by molar-refractivity contribution is 7.89. The van der Waals surface area contributed by atoms with Crippen molar-refractivity contribution in [3.8, 4) is 5.75 Å². The Morgan fingerprint density at radius 1 is 1.21 bits per heavy atom. The Labute approximate surface area is 145 Å². The number of benzene rings is 1. The van der Waals surface area contributed by atoms with Crippen molar-refractivity contribution in [1.82, 2.24) is 9.03 Å². The van der Waals surface area contributed by atoms with Gasteiger partial charge in [-0.3, -0.25) is 0 Å². The molecule has 0 unspecified atom stereocenters. The van der Waals surface area contributed by atoms with E-state index in [2.05, 4.69) is 4.72 Å². The number of methoxy groups -OCH3 is 1. The van der Waals surface area contributed by atoms with Crippen LogP contribution in [0.4, 0.5) is 0 Å². The van der Waals surface area contributed by atoms with E-state index in [0.29, 0.717) is 6.54 Å². The summed E-state index contributed by atoms with van der Waals surface area (Å²) >= 11 is 0. The Balaban J connectivity index is 2.87. The Morgan fingerprint density at radius 3 is 2.33 bits per heavy atom. The van der Waals surface area contributed by atoms with Gasteiger partial charge in [0, 0.05) is 19.6 Å². The molecular weight excluding hydrogens is 352 g/mol. The number of aryl methyl sites for hydroxylation is 1. The van der Waals surface area contributed by atoms with Gasteiger partial charge in [0.1, 0.15) is 10.6 Å². The molecule has 0 radical (unpaired) electrons. The summed E-state index contributed by atoms with van der Waals surface area (Å²) in [5.41, 5.74) is 0.786. The molecule has 0 fully saturated rings. The Morgan fingerprint density at radius 2 is 1.83 bits per heavy atom. The van der Waals surface area contributed by atoms with Crippen LogP contribution in [0.1, 0.15) is 19.4 Å². The van der Waals surface area contributed by atoms with Crippen molar-refractivity contribution >= 4 is 20.0 Å². The molecule has 0 aliphatic rings. The molecule has 1 N–H and O–H groups in total. The summed E-state index contributed by atoms with van der Waals surface area (Å²) in [6.45, 7) is 5.99. The second-order valence-electron chi connectivity index (χ2n) is 6.07. The maximum Gasteiger partial charge on any atom is 0.244 e. The van der Waals surface area contributed by atoms with Crippen molar-refractivity contribution in [2.75, 3.05) is 33.0 Å². The number of hydrogen-bond donors (Lipinski definition) is 1. The van der Waals surface area contributed by atoms with Crippen LogP contribution in [0.2, 0.25) is 0 Å². The van der Waals surface area contributed by atoms with Crippen LogP contribution in [0.5, 0.6) is 5.75 Å². The van der Waals surface area contributed by atoms with Gasteiger partial charge in [0.05, 0.1) is 13.4 Å². The van der Waals surface area contributed by atoms with Crippen LogP contribution in [0.3, 0.4) is 0 Å². The molecule has 0 atom stereocenters. The van der Waals surface area contributed by atoms with E-state index in [0.717, 1.165) is 11.8 Å². The van der Waals surface area contributed by atoms with Crippen LogP contribution in [0.15, 0.2) is 23.1 Å².